The van der Waals surface area contributed by atoms with Crippen LogP contribution in [0.1, 0.15) is 12.0 Å². The first kappa shape index (κ1) is 24.0. The van der Waals surface area contributed by atoms with Crippen molar-refractivity contribution < 1.29 is 9.53 Å². The minimum atomic E-state index is -0.0862. The smallest absolute Gasteiger partial charge is 0.246 e. The van der Waals surface area contributed by atoms with Crippen molar-refractivity contribution in [3.8, 4) is 11.5 Å². The fourth-order valence-electron chi connectivity index (χ4n) is 4.38. The summed E-state index contributed by atoms with van der Waals surface area (Å²) in [5, 5.41) is 10.8. The van der Waals surface area contributed by atoms with Crippen LogP contribution in [0.4, 0.5) is 17.3 Å². The summed E-state index contributed by atoms with van der Waals surface area (Å²) in [5.41, 5.74) is 4.73. The molecule has 4 aromatic heterocycles. The Hall–Kier alpha value is -5.32. The highest BCUT2D eigenvalue weighted by atomic mass is 16.5. The highest BCUT2D eigenvalue weighted by molar-refractivity contribution is 5.89. The maximum absolute atomic E-state index is 12.0. The van der Waals surface area contributed by atoms with E-state index in [0.29, 0.717) is 47.2 Å². The molecule has 0 fully saturated rings. The molecule has 0 atom stereocenters. The van der Waals surface area contributed by atoms with Gasteiger partial charge in [0.2, 0.25) is 5.91 Å². The van der Waals surface area contributed by atoms with Crippen LogP contribution in [0.3, 0.4) is 0 Å². The lowest BCUT2D eigenvalue weighted by molar-refractivity contribution is -0.125. The minimum absolute atomic E-state index is 0.0862. The molecule has 1 aliphatic heterocycles. The van der Waals surface area contributed by atoms with E-state index in [4.69, 9.17) is 9.72 Å². The van der Waals surface area contributed by atoms with Gasteiger partial charge in [-0.25, -0.2) is 24.5 Å². The molecule has 1 aliphatic rings. The van der Waals surface area contributed by atoms with Gasteiger partial charge in [0.1, 0.15) is 35.5 Å². The van der Waals surface area contributed by atoms with Crippen molar-refractivity contribution in [2.24, 2.45) is 0 Å². The van der Waals surface area contributed by atoms with Crippen LogP contribution in [-0.2, 0) is 4.79 Å². The maximum atomic E-state index is 12.0. The van der Waals surface area contributed by atoms with Gasteiger partial charge in [0.15, 0.2) is 11.5 Å². The summed E-state index contributed by atoms with van der Waals surface area (Å²) in [5.74, 6) is 2.54. The van der Waals surface area contributed by atoms with Crippen LogP contribution in [0.15, 0.2) is 85.7 Å². The van der Waals surface area contributed by atoms with Crippen molar-refractivity contribution in [2.75, 3.05) is 23.7 Å². The molecule has 39 heavy (non-hydrogen) atoms. The molecule has 0 spiro atoms. The first-order valence-electron chi connectivity index (χ1n) is 12.4. The van der Waals surface area contributed by atoms with Crippen molar-refractivity contribution in [2.45, 2.75) is 13.3 Å². The highest BCUT2D eigenvalue weighted by Crippen LogP contribution is 2.30. The molecule has 1 amide bonds. The maximum Gasteiger partial charge on any atom is 0.246 e. The Bertz CT molecular complexity index is 1740. The predicted molar refractivity (Wildman–Crippen MR) is 148 cm³/mol. The van der Waals surface area contributed by atoms with Gasteiger partial charge in [-0.3, -0.25) is 4.79 Å². The number of aryl methyl sites for hydroxylation is 1. The van der Waals surface area contributed by atoms with Crippen LogP contribution in [0.2, 0.25) is 0 Å². The molecule has 0 bridgehead atoms. The molecular weight excluding hydrogens is 494 g/mol. The van der Waals surface area contributed by atoms with Gasteiger partial charge in [0.25, 0.3) is 0 Å². The number of benzene rings is 1. The minimum Gasteiger partial charge on any atom is -0.457 e. The number of fused-ring (bicyclic) bond motifs is 2. The van der Waals surface area contributed by atoms with Crippen LogP contribution in [0.5, 0.6) is 11.5 Å². The molecule has 0 aliphatic carbocycles. The van der Waals surface area contributed by atoms with Gasteiger partial charge in [-0.1, -0.05) is 12.7 Å². The summed E-state index contributed by atoms with van der Waals surface area (Å²) in [4.78, 5) is 31.6. The molecule has 0 saturated carbocycles. The van der Waals surface area contributed by atoms with Gasteiger partial charge < -0.3 is 20.3 Å². The first-order chi connectivity index (χ1) is 19.1. The van der Waals surface area contributed by atoms with E-state index in [-0.39, 0.29) is 5.91 Å². The van der Waals surface area contributed by atoms with E-state index in [1.165, 1.54) is 18.7 Å². The van der Waals surface area contributed by atoms with Gasteiger partial charge in [-0.15, -0.1) is 0 Å². The molecule has 1 aromatic carbocycles. The van der Waals surface area contributed by atoms with E-state index in [9.17, 15) is 4.79 Å². The standard InChI is InChI=1S/C28H25N9O2/c1-3-26(38)36-11-4-5-20(15-36)33-24-9-7-22-27(35-24)28(31-16-29-22)34-19-6-8-23(18(2)13-19)39-21-10-12-37-25(14-21)30-17-32-37/h3,5-10,12-14,16-17H,1,4,11,15H2,2H3,(H,33,35)(H,29,31,34). The Morgan fingerprint density at radius 3 is 2.87 bits per heavy atom. The Balaban J connectivity index is 1.20. The Kier molecular flexibility index (Phi) is 6.29. The molecule has 0 saturated heterocycles. The van der Waals surface area contributed by atoms with Crippen molar-refractivity contribution >= 4 is 39.9 Å². The first-order valence-corrected chi connectivity index (χ1v) is 12.4. The number of carbonyl (C=O) groups excluding carboxylic acids is 1. The third-order valence-electron chi connectivity index (χ3n) is 6.33. The normalized spacial score (nSPS) is 13.3. The van der Waals surface area contributed by atoms with Gasteiger partial charge in [0.05, 0.1) is 12.1 Å². The lowest BCUT2D eigenvalue weighted by Gasteiger charge is -2.26. The number of hydrogen-bond acceptors (Lipinski definition) is 9. The molecule has 11 nitrogen and oxygen atoms in total. The monoisotopic (exact) mass is 519 g/mol. The second-order valence-electron chi connectivity index (χ2n) is 9.03. The van der Waals surface area contributed by atoms with E-state index >= 15 is 0 Å². The number of ether oxygens (including phenoxy) is 1. The van der Waals surface area contributed by atoms with Crippen LogP contribution in [0, 0.1) is 6.92 Å². The van der Waals surface area contributed by atoms with E-state index in [1.54, 1.807) is 15.6 Å². The summed E-state index contributed by atoms with van der Waals surface area (Å²) in [7, 11) is 0. The Morgan fingerprint density at radius 1 is 1.08 bits per heavy atom. The van der Waals surface area contributed by atoms with E-state index in [0.717, 1.165) is 29.1 Å². The average molecular weight is 520 g/mol. The zero-order valence-electron chi connectivity index (χ0n) is 21.2. The molecular formula is C28H25N9O2. The third kappa shape index (κ3) is 5.10. The van der Waals surface area contributed by atoms with E-state index in [1.807, 2.05) is 49.4 Å². The van der Waals surface area contributed by atoms with Crippen LogP contribution >= 0.6 is 0 Å². The summed E-state index contributed by atoms with van der Waals surface area (Å²) in [6, 6.07) is 13.2. The summed E-state index contributed by atoms with van der Waals surface area (Å²) in [6.07, 6.45) is 9.00. The van der Waals surface area contributed by atoms with Gasteiger partial charge >= 0.3 is 0 Å². The number of carbonyl (C=O) groups is 1. The zero-order chi connectivity index (χ0) is 26.8. The Morgan fingerprint density at radius 2 is 2.00 bits per heavy atom. The predicted octanol–water partition coefficient (Wildman–Crippen LogP) is 4.63. The molecule has 0 radical (unpaired) electrons. The number of hydrogen-bond donors (Lipinski definition) is 2. The molecule has 5 heterocycles. The summed E-state index contributed by atoms with van der Waals surface area (Å²) < 4.78 is 7.77. The molecule has 6 rings (SSSR count). The SMILES string of the molecule is C=CC(=O)N1CCC=C(Nc2ccc3ncnc(Nc4ccc(Oc5ccn6ncnc6c5)c(C)c4)c3n2)C1. The van der Waals surface area contributed by atoms with E-state index in [2.05, 4.69) is 43.3 Å². The molecule has 0 unspecified atom stereocenters. The topological polar surface area (TPSA) is 122 Å². The average Bonchev–Trinajstić information content (AvgIpc) is 3.43. The van der Waals surface area contributed by atoms with Gasteiger partial charge in [-0.2, -0.15) is 5.10 Å². The number of pyridine rings is 2. The van der Waals surface area contributed by atoms with Gasteiger partial charge in [0, 0.05) is 30.2 Å². The number of nitrogens with zero attached hydrogens (tertiary/aromatic N) is 7. The lowest BCUT2D eigenvalue weighted by atomic mass is 10.2. The summed E-state index contributed by atoms with van der Waals surface area (Å²) in [6.45, 7) is 6.71. The summed E-state index contributed by atoms with van der Waals surface area (Å²) >= 11 is 0. The van der Waals surface area contributed by atoms with Crippen molar-refractivity contribution in [3.05, 3.63) is 91.3 Å². The van der Waals surface area contributed by atoms with Crippen molar-refractivity contribution in [1.29, 1.82) is 0 Å². The second-order valence-corrected chi connectivity index (χ2v) is 9.03. The second kappa shape index (κ2) is 10.2. The van der Waals surface area contributed by atoms with Crippen molar-refractivity contribution in [1.82, 2.24) is 34.4 Å². The quantitative estimate of drug-likeness (QED) is 0.296. The van der Waals surface area contributed by atoms with Crippen molar-refractivity contribution in [3.63, 3.8) is 0 Å². The number of anilines is 3. The number of aromatic nitrogens is 6. The zero-order valence-corrected chi connectivity index (χ0v) is 21.2. The molecule has 11 heteroatoms. The number of amides is 1. The molecule has 5 aromatic rings. The third-order valence-corrected chi connectivity index (χ3v) is 6.33. The van der Waals surface area contributed by atoms with E-state index < -0.39 is 0 Å². The van der Waals surface area contributed by atoms with Crippen LogP contribution in [-0.4, -0.2) is 53.4 Å². The highest BCUT2D eigenvalue weighted by Gasteiger charge is 2.17. The fourth-order valence-corrected chi connectivity index (χ4v) is 4.38. The number of nitrogens with one attached hydrogen (secondary N) is 2. The molecule has 2 N–H and O–H groups in total. The largest absolute Gasteiger partial charge is 0.457 e. The van der Waals surface area contributed by atoms with Crippen LogP contribution < -0.4 is 15.4 Å². The lowest BCUT2D eigenvalue weighted by Crippen LogP contribution is -2.36. The molecule has 194 valence electrons. The van der Waals surface area contributed by atoms with Gasteiger partial charge in [-0.05, 0) is 61.4 Å². The number of rotatable bonds is 7. The fraction of sp³-hybridized carbons (Fsp3) is 0.143. The van der Waals surface area contributed by atoms with Crippen LogP contribution in [0.25, 0.3) is 16.7 Å². The Labute approximate surface area is 223 Å².